The van der Waals surface area contributed by atoms with E-state index in [4.69, 9.17) is 10.5 Å². The molecule has 2 fully saturated rings. The lowest BCUT2D eigenvalue weighted by molar-refractivity contribution is 0.333. The Kier molecular flexibility index (Phi) is 3.84. The molecule has 1 aromatic carbocycles. The molecule has 0 radical (unpaired) electrons. The number of methoxy groups -OCH3 is 1. The molecule has 21 heavy (non-hydrogen) atoms. The fraction of sp³-hybridized carbons (Fsp3) is 0.600. The van der Waals surface area contributed by atoms with Crippen molar-refractivity contribution in [2.75, 3.05) is 19.4 Å². The van der Waals surface area contributed by atoms with Crippen LogP contribution in [0.4, 0.5) is 5.69 Å². The molecule has 3 N–H and O–H groups in total. The number of nitrogens with one attached hydrogen (secondary N) is 1. The lowest BCUT2D eigenvalue weighted by Gasteiger charge is -2.22. The van der Waals surface area contributed by atoms with E-state index in [1.807, 2.05) is 0 Å². The van der Waals surface area contributed by atoms with Crippen LogP contribution in [0.5, 0.6) is 5.75 Å². The van der Waals surface area contributed by atoms with Gasteiger partial charge in [-0.15, -0.1) is 0 Å². The highest BCUT2D eigenvalue weighted by atomic mass is 32.2. The minimum Gasteiger partial charge on any atom is -0.497 e. The highest BCUT2D eigenvalue weighted by Gasteiger charge is 2.39. The lowest BCUT2D eigenvalue weighted by Crippen LogP contribution is -2.32. The summed E-state index contributed by atoms with van der Waals surface area (Å²) in [5, 5.41) is 0. The van der Waals surface area contributed by atoms with Gasteiger partial charge in [0.15, 0.2) is 0 Å². The number of anilines is 1. The zero-order valence-electron chi connectivity index (χ0n) is 12.2. The Bertz CT molecular complexity index is 630. The molecule has 3 unspecified atom stereocenters. The fourth-order valence-corrected chi connectivity index (χ4v) is 5.02. The second-order valence-electron chi connectivity index (χ2n) is 6.19. The van der Waals surface area contributed by atoms with Crippen LogP contribution in [0.1, 0.15) is 25.7 Å². The standard InChI is InChI=1S/C15H22N2O3S/c1-20-13-4-5-15(14(16)8-13)21(18,19)17-9-12-7-10-2-3-11(12)6-10/h4-5,8,10-12,17H,2-3,6-7,9,16H2,1H3. The zero-order valence-corrected chi connectivity index (χ0v) is 13.0. The Hall–Kier alpha value is -1.27. The molecule has 0 saturated heterocycles. The molecule has 2 saturated carbocycles. The van der Waals surface area contributed by atoms with Gasteiger partial charge in [-0.25, -0.2) is 13.1 Å². The van der Waals surface area contributed by atoms with Gasteiger partial charge in [-0.1, -0.05) is 6.42 Å². The van der Waals surface area contributed by atoms with E-state index in [9.17, 15) is 8.42 Å². The molecule has 0 heterocycles. The first-order valence-electron chi connectivity index (χ1n) is 7.43. The van der Waals surface area contributed by atoms with Gasteiger partial charge in [0, 0.05) is 12.6 Å². The number of sulfonamides is 1. The number of hydrogen-bond acceptors (Lipinski definition) is 4. The Morgan fingerprint density at radius 2 is 2.14 bits per heavy atom. The Labute approximate surface area is 125 Å². The van der Waals surface area contributed by atoms with Gasteiger partial charge in [-0.2, -0.15) is 0 Å². The van der Waals surface area contributed by atoms with Crippen molar-refractivity contribution >= 4 is 15.7 Å². The molecule has 2 aliphatic rings. The second-order valence-corrected chi connectivity index (χ2v) is 7.93. The van der Waals surface area contributed by atoms with Crippen molar-refractivity contribution in [1.82, 2.24) is 4.72 Å². The van der Waals surface area contributed by atoms with E-state index in [0.29, 0.717) is 24.1 Å². The van der Waals surface area contributed by atoms with E-state index in [-0.39, 0.29) is 10.6 Å². The van der Waals surface area contributed by atoms with Crippen molar-refractivity contribution in [1.29, 1.82) is 0 Å². The van der Waals surface area contributed by atoms with Crippen LogP contribution in [0.25, 0.3) is 0 Å². The van der Waals surface area contributed by atoms with Crippen molar-refractivity contribution in [2.45, 2.75) is 30.6 Å². The summed E-state index contributed by atoms with van der Waals surface area (Å²) in [6, 6.07) is 4.64. The van der Waals surface area contributed by atoms with E-state index in [0.717, 1.165) is 12.3 Å². The minimum absolute atomic E-state index is 0.131. The van der Waals surface area contributed by atoms with Gasteiger partial charge in [-0.05, 0) is 49.1 Å². The molecule has 2 aliphatic carbocycles. The highest BCUT2D eigenvalue weighted by Crippen LogP contribution is 2.48. The van der Waals surface area contributed by atoms with Crippen LogP contribution in [0.3, 0.4) is 0 Å². The van der Waals surface area contributed by atoms with Gasteiger partial charge < -0.3 is 10.5 Å². The summed E-state index contributed by atoms with van der Waals surface area (Å²) in [4.78, 5) is 0.131. The van der Waals surface area contributed by atoms with E-state index in [2.05, 4.69) is 4.72 Å². The van der Waals surface area contributed by atoms with Crippen molar-refractivity contribution in [3.05, 3.63) is 18.2 Å². The maximum Gasteiger partial charge on any atom is 0.242 e. The van der Waals surface area contributed by atoms with Crippen molar-refractivity contribution in [2.24, 2.45) is 17.8 Å². The molecule has 116 valence electrons. The van der Waals surface area contributed by atoms with Gasteiger partial charge in [0.05, 0.1) is 12.8 Å². The molecule has 5 nitrogen and oxygen atoms in total. The monoisotopic (exact) mass is 310 g/mol. The predicted molar refractivity (Wildman–Crippen MR) is 81.5 cm³/mol. The quantitative estimate of drug-likeness (QED) is 0.815. The van der Waals surface area contributed by atoms with Gasteiger partial charge in [0.2, 0.25) is 10.0 Å². The number of benzene rings is 1. The largest absolute Gasteiger partial charge is 0.497 e. The third-order valence-corrected chi connectivity index (χ3v) is 6.42. The summed E-state index contributed by atoms with van der Waals surface area (Å²) in [6.07, 6.45) is 5.00. The molecule has 6 heteroatoms. The maximum absolute atomic E-state index is 12.4. The van der Waals surface area contributed by atoms with Gasteiger partial charge in [0.1, 0.15) is 10.6 Å². The first-order valence-corrected chi connectivity index (χ1v) is 8.91. The molecule has 3 rings (SSSR count). The smallest absolute Gasteiger partial charge is 0.242 e. The van der Waals surface area contributed by atoms with Gasteiger partial charge in [-0.3, -0.25) is 0 Å². The summed E-state index contributed by atoms with van der Waals surface area (Å²) in [6.45, 7) is 0.523. The summed E-state index contributed by atoms with van der Waals surface area (Å²) in [5.74, 6) is 2.55. The Balaban J connectivity index is 1.69. The van der Waals surface area contributed by atoms with Crippen LogP contribution in [0.15, 0.2) is 23.1 Å². The van der Waals surface area contributed by atoms with E-state index in [1.54, 1.807) is 6.07 Å². The van der Waals surface area contributed by atoms with Crippen LogP contribution in [0.2, 0.25) is 0 Å². The summed E-state index contributed by atoms with van der Waals surface area (Å²) in [5.41, 5.74) is 6.05. The predicted octanol–water partition coefficient (Wildman–Crippen LogP) is 1.99. The second kappa shape index (κ2) is 5.50. The van der Waals surface area contributed by atoms with Gasteiger partial charge in [0.25, 0.3) is 0 Å². The molecule has 0 amide bonds. The van der Waals surface area contributed by atoms with Crippen LogP contribution < -0.4 is 15.2 Å². The van der Waals surface area contributed by atoms with Crippen LogP contribution >= 0.6 is 0 Å². The number of nitrogen functional groups attached to an aromatic ring is 1. The minimum atomic E-state index is -3.55. The van der Waals surface area contributed by atoms with Gasteiger partial charge >= 0.3 is 0 Å². The van der Waals surface area contributed by atoms with E-state index in [1.165, 1.54) is 38.5 Å². The first-order chi connectivity index (χ1) is 9.99. The van der Waals surface area contributed by atoms with Crippen LogP contribution in [-0.4, -0.2) is 22.1 Å². The fourth-order valence-electron chi connectivity index (χ4n) is 3.82. The van der Waals surface area contributed by atoms with Crippen LogP contribution in [-0.2, 0) is 10.0 Å². The highest BCUT2D eigenvalue weighted by molar-refractivity contribution is 7.89. The normalized spacial score (nSPS) is 28.0. The molecule has 2 bridgehead atoms. The number of fused-ring (bicyclic) bond motifs is 2. The summed E-state index contributed by atoms with van der Waals surface area (Å²) >= 11 is 0. The molecule has 0 spiro atoms. The number of rotatable bonds is 5. The number of hydrogen-bond donors (Lipinski definition) is 2. The molecule has 1 aromatic rings. The van der Waals surface area contributed by atoms with E-state index < -0.39 is 10.0 Å². The topological polar surface area (TPSA) is 81.4 Å². The molecule has 0 aromatic heterocycles. The molecular weight excluding hydrogens is 288 g/mol. The first kappa shape index (κ1) is 14.7. The van der Waals surface area contributed by atoms with Crippen molar-refractivity contribution < 1.29 is 13.2 Å². The third kappa shape index (κ3) is 2.87. The number of ether oxygens (including phenoxy) is 1. The lowest BCUT2D eigenvalue weighted by atomic mass is 9.89. The number of nitrogens with two attached hydrogens (primary N) is 1. The average molecular weight is 310 g/mol. The van der Waals surface area contributed by atoms with E-state index >= 15 is 0 Å². The zero-order chi connectivity index (χ0) is 15.0. The molecule has 0 aliphatic heterocycles. The molecular formula is C15H22N2O3S. The Morgan fingerprint density at radius 3 is 2.71 bits per heavy atom. The maximum atomic E-state index is 12.4. The average Bonchev–Trinajstić information content (AvgIpc) is 3.07. The molecule has 3 atom stereocenters. The Morgan fingerprint density at radius 1 is 1.33 bits per heavy atom. The SMILES string of the molecule is COc1ccc(S(=O)(=O)NCC2CC3CCC2C3)c(N)c1. The summed E-state index contributed by atoms with van der Waals surface area (Å²) in [7, 11) is -2.03. The van der Waals surface area contributed by atoms with Crippen LogP contribution in [0, 0.1) is 17.8 Å². The third-order valence-electron chi connectivity index (χ3n) is 4.93. The van der Waals surface area contributed by atoms with Crippen molar-refractivity contribution in [3.8, 4) is 5.75 Å². The summed E-state index contributed by atoms with van der Waals surface area (Å²) < 4.78 is 32.5. The van der Waals surface area contributed by atoms with Crippen molar-refractivity contribution in [3.63, 3.8) is 0 Å².